The van der Waals surface area contributed by atoms with Gasteiger partial charge in [0.05, 0.1) is 39.9 Å². The smallest absolute Gasteiger partial charge is 0.387 e. The van der Waals surface area contributed by atoms with E-state index in [0.717, 1.165) is 44.9 Å². The third kappa shape index (κ3) is 52.5. The molecule has 3 N–H and O–H groups in total. The first-order valence-corrected chi connectivity index (χ1v) is 30.9. The molecule has 0 fully saturated rings. The van der Waals surface area contributed by atoms with Gasteiger partial charge in [-0.3, -0.25) is 13.8 Å². The number of aliphatic hydroxyl groups excluding tert-OH is 1. The molecule has 9 heteroatoms. The molecule has 0 saturated carbocycles. The number of carbonyl (C=O) groups excluding carboxylic acids is 1. The molecule has 0 bridgehead atoms. The molecular weight excluding hydrogens is 864 g/mol. The first kappa shape index (κ1) is 66.7. The van der Waals surface area contributed by atoms with E-state index in [9.17, 15) is 19.4 Å². The van der Waals surface area contributed by atoms with E-state index in [4.69, 9.17) is 9.05 Å². The van der Waals surface area contributed by atoms with Gasteiger partial charge in [-0.05, 0) is 44.9 Å². The number of hydrogen-bond acceptors (Lipinski definition) is 5. The van der Waals surface area contributed by atoms with Crippen molar-refractivity contribution in [1.82, 2.24) is 5.32 Å². The number of phosphoric acid groups is 1. The lowest BCUT2D eigenvalue weighted by Gasteiger charge is -2.25. The summed E-state index contributed by atoms with van der Waals surface area (Å²) in [6, 6.07) is -0.868. The molecule has 0 aliphatic rings. The quantitative estimate of drug-likeness (QED) is 0.0243. The molecule has 402 valence electrons. The summed E-state index contributed by atoms with van der Waals surface area (Å²) in [6.07, 6.45) is 65.4. The van der Waals surface area contributed by atoms with Gasteiger partial charge < -0.3 is 19.8 Å². The number of hydrogen-bond donors (Lipinski definition) is 3. The van der Waals surface area contributed by atoms with Crippen molar-refractivity contribution in [3.05, 3.63) is 36.5 Å². The van der Waals surface area contributed by atoms with E-state index in [1.54, 1.807) is 6.08 Å². The molecular formula is C59H116N2O6P+. The third-order valence-electron chi connectivity index (χ3n) is 13.3. The van der Waals surface area contributed by atoms with Crippen LogP contribution in [0, 0.1) is 0 Å². The van der Waals surface area contributed by atoms with Gasteiger partial charge >= 0.3 is 7.82 Å². The maximum absolute atomic E-state index is 13.0. The van der Waals surface area contributed by atoms with Crippen LogP contribution < -0.4 is 5.32 Å². The van der Waals surface area contributed by atoms with Crippen LogP contribution in [0.5, 0.6) is 0 Å². The standard InChI is InChI=1S/C59H115N2O6P/c1-6-8-10-12-14-16-18-20-22-24-26-27-28-29-30-31-32-33-34-35-36-38-40-42-44-46-48-50-52-58(62)57(56-67-68(64,65)66-55-54-61(3,4)5)60-59(63)53-51-49-47-45-43-41-39-37-25-23-21-19-17-15-13-11-9-7-2/h35-36,42,44,50,52,57-58,62H,6-34,37-41,43,45-49,51,53-56H2,1-5H3,(H-,60,63,64,65)/p+1/b36-35+,44-42+,52-50+. The zero-order valence-corrected chi connectivity index (χ0v) is 46.8. The Morgan fingerprint density at radius 2 is 0.809 bits per heavy atom. The van der Waals surface area contributed by atoms with Crippen molar-refractivity contribution in [2.45, 2.75) is 296 Å². The summed E-state index contributed by atoms with van der Waals surface area (Å²) < 4.78 is 23.7. The minimum Gasteiger partial charge on any atom is -0.387 e. The lowest BCUT2D eigenvalue weighted by atomic mass is 10.0. The molecule has 0 radical (unpaired) electrons. The van der Waals surface area contributed by atoms with E-state index in [-0.39, 0.29) is 19.1 Å². The molecule has 1 amide bonds. The number of carbonyl (C=O) groups is 1. The lowest BCUT2D eigenvalue weighted by molar-refractivity contribution is -0.870. The number of amides is 1. The van der Waals surface area contributed by atoms with Crippen LogP contribution in [0.25, 0.3) is 0 Å². The first-order chi connectivity index (χ1) is 33.0. The van der Waals surface area contributed by atoms with Gasteiger partial charge in [0.2, 0.25) is 5.91 Å². The monoisotopic (exact) mass is 980 g/mol. The number of aliphatic hydroxyl groups is 1. The van der Waals surface area contributed by atoms with Crippen molar-refractivity contribution in [2.24, 2.45) is 0 Å². The van der Waals surface area contributed by atoms with Gasteiger partial charge in [0.25, 0.3) is 0 Å². The predicted molar refractivity (Wildman–Crippen MR) is 295 cm³/mol. The average molecular weight is 981 g/mol. The van der Waals surface area contributed by atoms with Gasteiger partial charge in [0, 0.05) is 6.42 Å². The zero-order chi connectivity index (χ0) is 49.9. The van der Waals surface area contributed by atoms with E-state index >= 15 is 0 Å². The summed E-state index contributed by atoms with van der Waals surface area (Å²) in [4.78, 5) is 23.3. The first-order valence-electron chi connectivity index (χ1n) is 29.4. The summed E-state index contributed by atoms with van der Waals surface area (Å²) >= 11 is 0. The molecule has 0 aromatic carbocycles. The van der Waals surface area contributed by atoms with Crippen LogP contribution in [0.15, 0.2) is 36.5 Å². The summed E-state index contributed by atoms with van der Waals surface area (Å²) in [5.41, 5.74) is 0. The van der Waals surface area contributed by atoms with E-state index in [1.165, 1.54) is 218 Å². The Bertz CT molecular complexity index is 1200. The van der Waals surface area contributed by atoms with Crippen molar-refractivity contribution < 1.29 is 32.9 Å². The predicted octanol–water partition coefficient (Wildman–Crippen LogP) is 17.8. The molecule has 0 aliphatic heterocycles. The topological polar surface area (TPSA) is 105 Å². The third-order valence-corrected chi connectivity index (χ3v) is 14.3. The van der Waals surface area contributed by atoms with E-state index < -0.39 is 20.0 Å². The van der Waals surface area contributed by atoms with E-state index in [0.29, 0.717) is 17.4 Å². The summed E-state index contributed by atoms with van der Waals surface area (Å²) in [6.45, 7) is 4.83. The van der Waals surface area contributed by atoms with Gasteiger partial charge in [-0.1, -0.05) is 269 Å². The minimum atomic E-state index is -4.36. The van der Waals surface area contributed by atoms with Crippen LogP contribution >= 0.6 is 7.82 Å². The Morgan fingerprint density at radius 3 is 1.18 bits per heavy atom. The second-order valence-electron chi connectivity index (χ2n) is 21.4. The number of unbranched alkanes of at least 4 members (excludes halogenated alkanes) is 37. The van der Waals surface area contributed by atoms with Crippen molar-refractivity contribution in [3.8, 4) is 0 Å². The maximum Gasteiger partial charge on any atom is 0.472 e. The number of allylic oxidation sites excluding steroid dienone is 5. The van der Waals surface area contributed by atoms with Crippen molar-refractivity contribution in [2.75, 3.05) is 40.9 Å². The number of rotatable bonds is 54. The molecule has 3 unspecified atom stereocenters. The van der Waals surface area contributed by atoms with Gasteiger partial charge in [-0.15, -0.1) is 0 Å². The van der Waals surface area contributed by atoms with Gasteiger partial charge in [-0.25, -0.2) is 4.57 Å². The summed E-state index contributed by atoms with van der Waals surface area (Å²) in [7, 11) is 1.56. The highest BCUT2D eigenvalue weighted by atomic mass is 31.2. The van der Waals surface area contributed by atoms with Gasteiger partial charge in [-0.2, -0.15) is 0 Å². The average Bonchev–Trinajstić information content (AvgIpc) is 3.30. The molecule has 0 aliphatic carbocycles. The normalized spacial score (nSPS) is 14.2. The van der Waals surface area contributed by atoms with E-state index in [2.05, 4.69) is 43.5 Å². The number of phosphoric ester groups is 1. The van der Waals surface area contributed by atoms with Crippen molar-refractivity contribution in [1.29, 1.82) is 0 Å². The molecule has 0 heterocycles. The highest BCUT2D eigenvalue weighted by Crippen LogP contribution is 2.43. The van der Waals surface area contributed by atoms with Crippen LogP contribution in [0.2, 0.25) is 0 Å². The summed E-state index contributed by atoms with van der Waals surface area (Å²) in [5.74, 6) is -0.186. The number of likely N-dealkylation sites (N-methyl/N-ethyl adjacent to an activating group) is 1. The van der Waals surface area contributed by atoms with Crippen molar-refractivity contribution >= 4 is 13.7 Å². The Hall–Kier alpha value is -1.28. The van der Waals surface area contributed by atoms with Crippen LogP contribution in [0.3, 0.4) is 0 Å². The van der Waals surface area contributed by atoms with E-state index in [1.807, 2.05) is 27.2 Å². The zero-order valence-electron chi connectivity index (χ0n) is 45.9. The second-order valence-corrected chi connectivity index (χ2v) is 22.8. The van der Waals surface area contributed by atoms with Crippen LogP contribution in [0.4, 0.5) is 0 Å². The number of quaternary nitrogens is 1. The molecule has 68 heavy (non-hydrogen) atoms. The maximum atomic E-state index is 13.0. The molecule has 0 aromatic rings. The number of nitrogens with one attached hydrogen (secondary N) is 1. The van der Waals surface area contributed by atoms with Crippen LogP contribution in [0.1, 0.15) is 284 Å². The highest BCUT2D eigenvalue weighted by Gasteiger charge is 2.27. The van der Waals surface area contributed by atoms with Crippen molar-refractivity contribution in [3.63, 3.8) is 0 Å². The molecule has 0 rings (SSSR count). The molecule has 0 saturated heterocycles. The largest absolute Gasteiger partial charge is 0.472 e. The molecule has 3 atom stereocenters. The molecule has 0 spiro atoms. The molecule has 8 nitrogen and oxygen atoms in total. The minimum absolute atomic E-state index is 0.0551. The van der Waals surface area contributed by atoms with Gasteiger partial charge in [0.1, 0.15) is 13.2 Å². The SMILES string of the molecule is CCCCCCCCCCCCCCCCCCCC/C=C/CC/C=C/CC/C=C/C(O)C(COP(=O)(O)OCC[N+](C)(C)C)NC(=O)CCCCCCCCCCCCCCCCCCCC. The lowest BCUT2D eigenvalue weighted by Crippen LogP contribution is -2.45. The fourth-order valence-corrected chi connectivity index (χ4v) is 9.46. The second kappa shape index (κ2) is 50.7. The van der Waals surface area contributed by atoms with Gasteiger partial charge in [0.15, 0.2) is 0 Å². The Morgan fingerprint density at radius 1 is 0.485 bits per heavy atom. The Labute approximate surface area is 423 Å². The Kier molecular flexibility index (Phi) is 49.7. The number of nitrogens with zero attached hydrogens (tertiary/aromatic N) is 1. The molecule has 0 aromatic heterocycles. The fraction of sp³-hybridized carbons (Fsp3) is 0.881. The fourth-order valence-electron chi connectivity index (χ4n) is 8.72. The van der Waals surface area contributed by atoms with Crippen LogP contribution in [-0.2, 0) is 18.4 Å². The Balaban J connectivity index is 4.24. The van der Waals surface area contributed by atoms with Crippen LogP contribution in [-0.4, -0.2) is 73.4 Å². The summed E-state index contributed by atoms with van der Waals surface area (Å²) in [5, 5.41) is 13.9. The highest BCUT2D eigenvalue weighted by molar-refractivity contribution is 7.47.